The highest BCUT2D eigenvalue weighted by molar-refractivity contribution is 5.71. The second-order valence-electron chi connectivity index (χ2n) is 6.81. The van der Waals surface area contributed by atoms with Crippen molar-refractivity contribution in [3.05, 3.63) is 0 Å². The summed E-state index contributed by atoms with van der Waals surface area (Å²) in [5, 5.41) is 9.27. The van der Waals surface area contributed by atoms with Gasteiger partial charge >= 0.3 is 5.97 Å². The molecule has 3 nitrogen and oxygen atoms in total. The Morgan fingerprint density at radius 3 is 2.72 bits per heavy atom. The molecule has 1 N–H and O–H groups in total. The molecule has 2 saturated heterocycles. The fraction of sp³-hybridized carbons (Fsp3) is 0.933. The fourth-order valence-corrected chi connectivity index (χ4v) is 4.67. The fourth-order valence-electron chi connectivity index (χ4n) is 4.67. The largest absolute Gasteiger partial charge is 0.481 e. The minimum absolute atomic E-state index is 0.0789. The molecule has 0 amide bonds. The second kappa shape index (κ2) is 4.84. The van der Waals surface area contributed by atoms with Gasteiger partial charge in [0.1, 0.15) is 0 Å². The van der Waals surface area contributed by atoms with E-state index in [4.69, 9.17) is 0 Å². The van der Waals surface area contributed by atoms with Crippen LogP contribution in [0.2, 0.25) is 0 Å². The van der Waals surface area contributed by atoms with Crippen molar-refractivity contribution in [1.82, 2.24) is 4.90 Å². The second-order valence-corrected chi connectivity index (χ2v) is 6.81. The molecule has 5 unspecified atom stereocenters. The Morgan fingerprint density at radius 1 is 1.22 bits per heavy atom. The van der Waals surface area contributed by atoms with Crippen LogP contribution < -0.4 is 0 Å². The summed E-state index contributed by atoms with van der Waals surface area (Å²) in [6, 6.07) is 0.929. The lowest BCUT2D eigenvalue weighted by molar-refractivity contribution is -0.142. The van der Waals surface area contributed by atoms with Crippen LogP contribution in [0.3, 0.4) is 0 Å². The Kier molecular flexibility index (Phi) is 3.35. The number of hydrogen-bond donors (Lipinski definition) is 1. The molecule has 102 valence electrons. The number of aliphatic carboxylic acids is 1. The lowest BCUT2D eigenvalue weighted by Crippen LogP contribution is -2.37. The summed E-state index contributed by atoms with van der Waals surface area (Å²) in [5.41, 5.74) is 0. The standard InChI is InChI=1S/C15H25NO2/c1-10-3-2-4-11(7-10)9-16-12-5-6-14(16)13(8-12)15(17)18/h10-14H,2-9H2,1H3,(H,17,18). The van der Waals surface area contributed by atoms with Gasteiger partial charge in [0.05, 0.1) is 5.92 Å². The normalized spacial score (nSPS) is 44.4. The minimum atomic E-state index is -0.566. The Morgan fingerprint density at radius 2 is 2.06 bits per heavy atom. The number of carbonyl (C=O) groups is 1. The molecule has 3 aliphatic rings. The lowest BCUT2D eigenvalue weighted by atomic mass is 9.82. The Bertz CT molecular complexity index is 330. The third kappa shape index (κ3) is 2.18. The van der Waals surface area contributed by atoms with E-state index in [-0.39, 0.29) is 5.92 Å². The number of nitrogens with zero attached hydrogens (tertiary/aromatic N) is 1. The first-order valence-corrected chi connectivity index (χ1v) is 7.63. The quantitative estimate of drug-likeness (QED) is 0.838. The van der Waals surface area contributed by atoms with E-state index in [1.54, 1.807) is 0 Å². The van der Waals surface area contributed by atoms with E-state index in [0.29, 0.717) is 12.1 Å². The summed E-state index contributed by atoms with van der Waals surface area (Å²) >= 11 is 0. The third-order valence-corrected chi connectivity index (χ3v) is 5.51. The van der Waals surface area contributed by atoms with Crippen LogP contribution in [0, 0.1) is 17.8 Å². The van der Waals surface area contributed by atoms with Crippen molar-refractivity contribution in [3.8, 4) is 0 Å². The van der Waals surface area contributed by atoms with E-state index in [1.165, 1.54) is 38.6 Å². The first-order chi connectivity index (χ1) is 8.65. The van der Waals surface area contributed by atoms with Gasteiger partial charge in [-0.2, -0.15) is 0 Å². The van der Waals surface area contributed by atoms with Gasteiger partial charge in [-0.3, -0.25) is 9.69 Å². The zero-order valence-electron chi connectivity index (χ0n) is 11.3. The van der Waals surface area contributed by atoms with Crippen molar-refractivity contribution >= 4 is 5.97 Å². The Labute approximate surface area is 110 Å². The van der Waals surface area contributed by atoms with Gasteiger partial charge in [-0.05, 0) is 43.9 Å². The summed E-state index contributed by atoms with van der Waals surface area (Å²) in [5.74, 6) is 1.05. The van der Waals surface area contributed by atoms with Crippen molar-refractivity contribution < 1.29 is 9.90 Å². The SMILES string of the molecule is CC1CCCC(CN2C3CCC2C(C(=O)O)C3)C1. The highest BCUT2D eigenvalue weighted by atomic mass is 16.4. The molecule has 3 fully saturated rings. The average Bonchev–Trinajstić information content (AvgIpc) is 2.86. The van der Waals surface area contributed by atoms with Crippen molar-refractivity contribution in [3.63, 3.8) is 0 Å². The summed E-state index contributed by atoms with van der Waals surface area (Å²) in [6.45, 7) is 3.54. The van der Waals surface area contributed by atoms with Crippen LogP contribution in [0.1, 0.15) is 51.9 Å². The predicted molar refractivity (Wildman–Crippen MR) is 70.4 cm³/mol. The molecule has 5 atom stereocenters. The van der Waals surface area contributed by atoms with Gasteiger partial charge in [-0.1, -0.05) is 19.8 Å². The molecule has 0 aromatic carbocycles. The summed E-state index contributed by atoms with van der Waals surface area (Å²) < 4.78 is 0. The molecule has 3 heteroatoms. The molecule has 1 saturated carbocycles. The molecule has 0 aromatic heterocycles. The van der Waals surface area contributed by atoms with Crippen LogP contribution in [0.4, 0.5) is 0 Å². The molecule has 0 spiro atoms. The summed E-state index contributed by atoms with van der Waals surface area (Å²) in [7, 11) is 0. The average molecular weight is 251 g/mol. The van der Waals surface area contributed by atoms with Gasteiger partial charge in [-0.25, -0.2) is 0 Å². The van der Waals surface area contributed by atoms with Crippen LogP contribution >= 0.6 is 0 Å². The Hall–Kier alpha value is -0.570. The van der Waals surface area contributed by atoms with E-state index in [0.717, 1.165) is 24.7 Å². The van der Waals surface area contributed by atoms with Gasteiger partial charge < -0.3 is 5.11 Å². The molecule has 2 bridgehead atoms. The number of fused-ring (bicyclic) bond motifs is 2. The van der Waals surface area contributed by atoms with Crippen LogP contribution in [-0.4, -0.2) is 34.6 Å². The number of hydrogen-bond acceptors (Lipinski definition) is 2. The van der Waals surface area contributed by atoms with Crippen molar-refractivity contribution in [2.75, 3.05) is 6.54 Å². The maximum atomic E-state index is 11.3. The van der Waals surface area contributed by atoms with E-state index in [2.05, 4.69) is 11.8 Å². The van der Waals surface area contributed by atoms with Gasteiger partial charge in [0.15, 0.2) is 0 Å². The highest BCUT2D eigenvalue weighted by Crippen LogP contribution is 2.43. The molecule has 0 radical (unpaired) electrons. The maximum Gasteiger partial charge on any atom is 0.308 e. The lowest BCUT2D eigenvalue weighted by Gasteiger charge is -2.32. The zero-order valence-corrected chi connectivity index (χ0v) is 11.3. The van der Waals surface area contributed by atoms with Gasteiger partial charge in [0.2, 0.25) is 0 Å². The summed E-state index contributed by atoms with van der Waals surface area (Å²) in [4.78, 5) is 13.8. The Balaban J connectivity index is 1.62. The van der Waals surface area contributed by atoms with Crippen molar-refractivity contribution in [2.24, 2.45) is 17.8 Å². The monoisotopic (exact) mass is 251 g/mol. The molecule has 2 aliphatic heterocycles. The number of rotatable bonds is 3. The topological polar surface area (TPSA) is 40.5 Å². The molecular formula is C15H25NO2. The third-order valence-electron chi connectivity index (χ3n) is 5.51. The molecule has 0 aromatic rings. The van der Waals surface area contributed by atoms with E-state index >= 15 is 0 Å². The maximum absolute atomic E-state index is 11.3. The zero-order chi connectivity index (χ0) is 12.7. The first-order valence-electron chi connectivity index (χ1n) is 7.63. The van der Waals surface area contributed by atoms with Crippen LogP contribution in [-0.2, 0) is 4.79 Å². The molecular weight excluding hydrogens is 226 g/mol. The summed E-state index contributed by atoms with van der Waals surface area (Å²) in [6.07, 6.45) is 8.73. The van der Waals surface area contributed by atoms with Gasteiger partial charge in [0, 0.05) is 18.6 Å². The van der Waals surface area contributed by atoms with E-state index < -0.39 is 5.97 Å². The molecule has 1 aliphatic carbocycles. The highest BCUT2D eigenvalue weighted by Gasteiger charge is 2.49. The number of carboxylic acid groups (broad SMARTS) is 1. The van der Waals surface area contributed by atoms with Gasteiger partial charge in [0.25, 0.3) is 0 Å². The van der Waals surface area contributed by atoms with Crippen LogP contribution in [0.5, 0.6) is 0 Å². The van der Waals surface area contributed by atoms with Crippen molar-refractivity contribution in [1.29, 1.82) is 0 Å². The molecule has 3 rings (SSSR count). The predicted octanol–water partition coefficient (Wildman–Crippen LogP) is 2.75. The van der Waals surface area contributed by atoms with Crippen LogP contribution in [0.25, 0.3) is 0 Å². The van der Waals surface area contributed by atoms with E-state index in [9.17, 15) is 9.90 Å². The minimum Gasteiger partial charge on any atom is -0.481 e. The smallest absolute Gasteiger partial charge is 0.308 e. The van der Waals surface area contributed by atoms with Gasteiger partial charge in [-0.15, -0.1) is 0 Å². The molecule has 2 heterocycles. The van der Waals surface area contributed by atoms with Crippen LogP contribution in [0.15, 0.2) is 0 Å². The first kappa shape index (κ1) is 12.5. The van der Waals surface area contributed by atoms with Crippen molar-refractivity contribution in [2.45, 2.75) is 64.0 Å². The molecule has 18 heavy (non-hydrogen) atoms. The van der Waals surface area contributed by atoms with E-state index in [1.807, 2.05) is 0 Å². The number of carboxylic acids is 1.